The van der Waals surface area contributed by atoms with Gasteiger partial charge in [-0.15, -0.1) is 0 Å². The van der Waals surface area contributed by atoms with Crippen LogP contribution in [0.2, 0.25) is 0 Å². The molecule has 1 amide bonds. The van der Waals surface area contributed by atoms with E-state index in [0.717, 1.165) is 18.0 Å². The molecule has 1 fully saturated rings. The summed E-state index contributed by atoms with van der Waals surface area (Å²) in [5.74, 6) is 0.811. The maximum atomic E-state index is 10.9. The number of primary amides is 1. The largest absolute Gasteiger partial charge is 0.370 e. The molecule has 1 aliphatic carbocycles. The Morgan fingerprint density at radius 2 is 1.95 bits per heavy atom. The molecule has 102 valence electrons. The van der Waals surface area contributed by atoms with Crippen LogP contribution in [0.15, 0.2) is 29.3 Å². The first-order chi connectivity index (χ1) is 9.15. The Kier molecular flexibility index (Phi) is 4.39. The molecule has 1 aromatic rings. The van der Waals surface area contributed by atoms with E-state index in [1.807, 2.05) is 12.1 Å². The minimum Gasteiger partial charge on any atom is -0.370 e. The topological polar surface area (TPSA) is 93.5 Å². The number of guanidine groups is 1. The van der Waals surface area contributed by atoms with Crippen LogP contribution in [-0.4, -0.2) is 18.4 Å². The van der Waals surface area contributed by atoms with Gasteiger partial charge in [-0.2, -0.15) is 0 Å². The molecule has 5 N–H and O–H groups in total. The van der Waals surface area contributed by atoms with E-state index >= 15 is 0 Å². The van der Waals surface area contributed by atoms with Gasteiger partial charge in [0.25, 0.3) is 0 Å². The number of carbonyl (C=O) groups excluding carboxylic acids is 1. The van der Waals surface area contributed by atoms with E-state index in [9.17, 15) is 4.79 Å². The van der Waals surface area contributed by atoms with E-state index in [1.54, 1.807) is 12.1 Å². The summed E-state index contributed by atoms with van der Waals surface area (Å²) in [6.07, 6.45) is 3.90. The van der Waals surface area contributed by atoms with Crippen molar-refractivity contribution in [1.82, 2.24) is 5.32 Å². The van der Waals surface area contributed by atoms with Crippen LogP contribution in [0.3, 0.4) is 0 Å². The number of benzene rings is 1. The first-order valence-corrected chi connectivity index (χ1v) is 6.57. The number of amides is 1. The van der Waals surface area contributed by atoms with Crippen molar-refractivity contribution >= 4 is 11.9 Å². The summed E-state index contributed by atoms with van der Waals surface area (Å²) in [6.45, 7) is 1.42. The first kappa shape index (κ1) is 13.4. The van der Waals surface area contributed by atoms with Crippen molar-refractivity contribution in [3.63, 3.8) is 0 Å². The summed E-state index contributed by atoms with van der Waals surface area (Å²) in [5, 5.41) is 3.14. The van der Waals surface area contributed by atoms with Gasteiger partial charge in [-0.05, 0) is 36.5 Å². The maximum absolute atomic E-state index is 10.9. The van der Waals surface area contributed by atoms with Crippen molar-refractivity contribution in [2.75, 3.05) is 6.54 Å². The Bertz CT molecular complexity index is 463. The molecule has 0 aliphatic heterocycles. The van der Waals surface area contributed by atoms with Gasteiger partial charge in [0.2, 0.25) is 5.91 Å². The Balaban J connectivity index is 1.80. The number of nitrogens with one attached hydrogen (secondary N) is 1. The van der Waals surface area contributed by atoms with Crippen LogP contribution in [-0.2, 0) is 6.54 Å². The number of nitrogens with two attached hydrogens (primary N) is 2. The van der Waals surface area contributed by atoms with Crippen molar-refractivity contribution in [2.45, 2.75) is 25.8 Å². The van der Waals surface area contributed by atoms with E-state index in [-0.39, 0.29) is 0 Å². The highest BCUT2D eigenvalue weighted by atomic mass is 16.1. The standard InChI is InChI=1S/C14H20N4O/c15-13(19)12-6-4-11(5-7-12)9-18-14(16)17-8-10-2-1-3-10/h4-7,10H,1-3,8-9H2,(H2,15,19)(H3,16,17,18). The predicted molar refractivity (Wildman–Crippen MR) is 75.6 cm³/mol. The number of aliphatic imine (C=N–C) groups is 1. The zero-order valence-corrected chi connectivity index (χ0v) is 10.9. The first-order valence-electron chi connectivity index (χ1n) is 6.57. The van der Waals surface area contributed by atoms with E-state index in [0.29, 0.717) is 18.1 Å². The monoisotopic (exact) mass is 260 g/mol. The minimum absolute atomic E-state index is 0.420. The van der Waals surface area contributed by atoms with Gasteiger partial charge in [-0.3, -0.25) is 4.79 Å². The minimum atomic E-state index is -0.420. The van der Waals surface area contributed by atoms with Gasteiger partial charge in [0.15, 0.2) is 5.96 Å². The fourth-order valence-electron chi connectivity index (χ4n) is 1.95. The third-order valence-corrected chi connectivity index (χ3v) is 3.47. The van der Waals surface area contributed by atoms with Gasteiger partial charge in [0, 0.05) is 12.1 Å². The number of nitrogens with zero attached hydrogens (tertiary/aromatic N) is 1. The lowest BCUT2D eigenvalue weighted by molar-refractivity contribution is 0.100. The van der Waals surface area contributed by atoms with Crippen molar-refractivity contribution in [1.29, 1.82) is 0 Å². The molecule has 0 aromatic heterocycles. The van der Waals surface area contributed by atoms with Crippen molar-refractivity contribution < 1.29 is 4.79 Å². The highest BCUT2D eigenvalue weighted by Crippen LogP contribution is 2.24. The summed E-state index contributed by atoms with van der Waals surface area (Å²) in [5.41, 5.74) is 12.5. The quantitative estimate of drug-likeness (QED) is 0.544. The molecule has 1 aromatic carbocycles. The highest BCUT2D eigenvalue weighted by molar-refractivity contribution is 5.92. The van der Waals surface area contributed by atoms with Gasteiger partial charge in [-0.25, -0.2) is 4.99 Å². The highest BCUT2D eigenvalue weighted by Gasteiger charge is 2.16. The van der Waals surface area contributed by atoms with E-state index in [4.69, 9.17) is 11.5 Å². The second-order valence-corrected chi connectivity index (χ2v) is 4.94. The lowest BCUT2D eigenvalue weighted by atomic mass is 9.85. The predicted octanol–water partition coefficient (Wildman–Crippen LogP) is 0.990. The van der Waals surface area contributed by atoms with Gasteiger partial charge in [0.05, 0.1) is 6.54 Å². The molecule has 0 heterocycles. The maximum Gasteiger partial charge on any atom is 0.248 e. The van der Waals surface area contributed by atoms with E-state index < -0.39 is 5.91 Å². The third kappa shape index (κ3) is 3.98. The normalized spacial score (nSPS) is 15.9. The second kappa shape index (κ2) is 6.22. The lowest BCUT2D eigenvalue weighted by Gasteiger charge is -2.25. The van der Waals surface area contributed by atoms with Crippen molar-refractivity contribution in [3.8, 4) is 0 Å². The Labute approximate surface area is 113 Å². The van der Waals surface area contributed by atoms with E-state index in [2.05, 4.69) is 10.3 Å². The average molecular weight is 260 g/mol. The molecule has 0 spiro atoms. The second-order valence-electron chi connectivity index (χ2n) is 4.94. The van der Waals surface area contributed by atoms with Crippen molar-refractivity contribution in [3.05, 3.63) is 35.4 Å². The molecule has 2 rings (SSSR count). The van der Waals surface area contributed by atoms with Crippen molar-refractivity contribution in [2.24, 2.45) is 22.4 Å². The Hall–Kier alpha value is -2.04. The molecule has 0 atom stereocenters. The fraction of sp³-hybridized carbons (Fsp3) is 0.429. The lowest BCUT2D eigenvalue weighted by Crippen LogP contribution is -2.37. The van der Waals surface area contributed by atoms with Gasteiger partial charge >= 0.3 is 0 Å². The zero-order valence-electron chi connectivity index (χ0n) is 10.9. The molecule has 0 bridgehead atoms. The molecule has 1 aliphatic rings. The van der Waals surface area contributed by atoms with Crippen LogP contribution in [0, 0.1) is 5.92 Å². The molecule has 5 nitrogen and oxygen atoms in total. The summed E-state index contributed by atoms with van der Waals surface area (Å²) < 4.78 is 0. The summed E-state index contributed by atoms with van der Waals surface area (Å²) in [6, 6.07) is 7.07. The summed E-state index contributed by atoms with van der Waals surface area (Å²) >= 11 is 0. The number of rotatable bonds is 5. The van der Waals surface area contributed by atoms with Crippen LogP contribution in [0.4, 0.5) is 0 Å². The zero-order chi connectivity index (χ0) is 13.7. The molecule has 0 unspecified atom stereocenters. The molecule has 0 saturated heterocycles. The van der Waals surface area contributed by atoms with Crippen LogP contribution in [0.5, 0.6) is 0 Å². The molecule has 1 saturated carbocycles. The number of carbonyl (C=O) groups is 1. The van der Waals surface area contributed by atoms with Crippen LogP contribution >= 0.6 is 0 Å². The molecular weight excluding hydrogens is 240 g/mol. The third-order valence-electron chi connectivity index (χ3n) is 3.47. The Morgan fingerprint density at radius 3 is 2.47 bits per heavy atom. The molecular formula is C14H20N4O. The summed E-state index contributed by atoms with van der Waals surface area (Å²) in [7, 11) is 0. The summed E-state index contributed by atoms with van der Waals surface area (Å²) in [4.78, 5) is 15.2. The van der Waals surface area contributed by atoms with Gasteiger partial charge in [0.1, 0.15) is 0 Å². The van der Waals surface area contributed by atoms with E-state index in [1.165, 1.54) is 19.3 Å². The number of hydrogen-bond acceptors (Lipinski definition) is 2. The van der Waals surface area contributed by atoms with Gasteiger partial charge in [-0.1, -0.05) is 18.6 Å². The molecule has 0 radical (unpaired) electrons. The average Bonchev–Trinajstić information content (AvgIpc) is 2.35. The van der Waals surface area contributed by atoms with Crippen LogP contribution in [0.1, 0.15) is 35.2 Å². The van der Waals surface area contributed by atoms with Gasteiger partial charge < -0.3 is 16.8 Å². The number of hydrogen-bond donors (Lipinski definition) is 3. The van der Waals surface area contributed by atoms with Crippen LogP contribution < -0.4 is 16.8 Å². The Morgan fingerprint density at radius 1 is 1.26 bits per heavy atom. The SMILES string of the molecule is NC(=O)c1ccc(CN=C(N)NCC2CCC2)cc1. The molecule has 5 heteroatoms. The molecule has 19 heavy (non-hydrogen) atoms. The smallest absolute Gasteiger partial charge is 0.248 e. The fourth-order valence-corrected chi connectivity index (χ4v) is 1.95. The van der Waals surface area contributed by atoms with Crippen LogP contribution in [0.25, 0.3) is 0 Å².